The molecule has 0 spiro atoms. The van der Waals surface area contributed by atoms with Crippen molar-refractivity contribution in [3.05, 3.63) is 30.1 Å². The van der Waals surface area contributed by atoms with Crippen molar-refractivity contribution in [2.24, 2.45) is 5.92 Å². The Labute approximate surface area is 146 Å². The molecule has 0 radical (unpaired) electrons. The predicted molar refractivity (Wildman–Crippen MR) is 102 cm³/mol. The van der Waals surface area contributed by atoms with Gasteiger partial charge in [0.1, 0.15) is 5.65 Å². The minimum Gasteiger partial charge on any atom is -0.346 e. The van der Waals surface area contributed by atoms with Gasteiger partial charge in [0.25, 0.3) is 0 Å². The van der Waals surface area contributed by atoms with E-state index in [9.17, 15) is 0 Å². The van der Waals surface area contributed by atoms with Crippen LogP contribution in [-0.4, -0.2) is 28.0 Å². The molecule has 0 aliphatic heterocycles. The number of hydrogen-bond acceptors (Lipinski definition) is 2. The lowest BCUT2D eigenvalue weighted by molar-refractivity contribution is 0.234. The molecule has 1 aliphatic rings. The van der Waals surface area contributed by atoms with Gasteiger partial charge in [0, 0.05) is 24.3 Å². The van der Waals surface area contributed by atoms with Gasteiger partial charge in [-0.05, 0) is 49.5 Å². The van der Waals surface area contributed by atoms with Crippen LogP contribution in [-0.2, 0) is 6.54 Å². The number of nitrogens with zero attached hydrogens (tertiary/aromatic N) is 2. The lowest BCUT2D eigenvalue weighted by Crippen LogP contribution is -2.27. The summed E-state index contributed by atoms with van der Waals surface area (Å²) < 4.78 is 0. The van der Waals surface area contributed by atoms with Crippen molar-refractivity contribution in [2.45, 2.75) is 71.3 Å². The normalized spacial score (nSPS) is 16.8. The average molecular weight is 328 g/mol. The fourth-order valence-corrected chi connectivity index (χ4v) is 4.05. The Kier molecular flexibility index (Phi) is 6.71. The van der Waals surface area contributed by atoms with E-state index in [1.165, 1.54) is 81.8 Å². The zero-order valence-corrected chi connectivity index (χ0v) is 15.3. The molecule has 3 nitrogen and oxygen atoms in total. The largest absolute Gasteiger partial charge is 0.346 e. The van der Waals surface area contributed by atoms with Crippen molar-refractivity contribution in [1.29, 1.82) is 0 Å². The van der Waals surface area contributed by atoms with E-state index in [0.717, 1.165) is 18.1 Å². The second kappa shape index (κ2) is 9.22. The van der Waals surface area contributed by atoms with Gasteiger partial charge in [-0.15, -0.1) is 0 Å². The summed E-state index contributed by atoms with van der Waals surface area (Å²) in [5.41, 5.74) is 2.42. The van der Waals surface area contributed by atoms with E-state index in [1.54, 1.807) is 0 Å². The van der Waals surface area contributed by atoms with Crippen LogP contribution in [0.1, 0.15) is 70.3 Å². The van der Waals surface area contributed by atoms with Crippen molar-refractivity contribution in [3.63, 3.8) is 0 Å². The van der Waals surface area contributed by atoms with E-state index in [4.69, 9.17) is 0 Å². The molecule has 1 N–H and O–H groups in total. The van der Waals surface area contributed by atoms with E-state index in [-0.39, 0.29) is 0 Å². The van der Waals surface area contributed by atoms with Gasteiger partial charge in [-0.3, -0.25) is 4.90 Å². The van der Waals surface area contributed by atoms with E-state index in [0.29, 0.717) is 0 Å². The average Bonchev–Trinajstić information content (AvgIpc) is 2.83. The molecule has 3 rings (SSSR count). The molecule has 0 atom stereocenters. The van der Waals surface area contributed by atoms with Gasteiger partial charge in [0.15, 0.2) is 0 Å². The Morgan fingerprint density at radius 3 is 2.79 bits per heavy atom. The van der Waals surface area contributed by atoms with Gasteiger partial charge in [0.2, 0.25) is 0 Å². The summed E-state index contributed by atoms with van der Waals surface area (Å²) in [4.78, 5) is 10.4. The molecule has 0 saturated heterocycles. The Hall–Kier alpha value is -1.35. The van der Waals surface area contributed by atoms with E-state index < -0.39 is 0 Å². The van der Waals surface area contributed by atoms with Gasteiger partial charge in [-0.25, -0.2) is 4.98 Å². The van der Waals surface area contributed by atoms with Crippen LogP contribution < -0.4 is 0 Å². The number of fused-ring (bicyclic) bond motifs is 1. The van der Waals surface area contributed by atoms with Crippen LogP contribution in [0.5, 0.6) is 0 Å². The molecule has 3 heteroatoms. The predicted octanol–water partition coefficient (Wildman–Crippen LogP) is 5.53. The topological polar surface area (TPSA) is 31.9 Å². The SMILES string of the molecule is CCCCN(CCC1CCCCCC1)Cc1c[nH]c2ncccc12. The van der Waals surface area contributed by atoms with Crippen LogP contribution in [0, 0.1) is 5.92 Å². The standard InChI is InChI=1S/C21H33N3/c1-2-3-14-24(15-12-18-9-6-4-5-7-10-18)17-19-16-23-21-20(19)11-8-13-22-21/h8,11,13,16,18H,2-7,9-10,12,14-15,17H2,1H3,(H,22,23). The minimum atomic E-state index is 0.960. The highest BCUT2D eigenvalue weighted by Gasteiger charge is 2.15. The summed E-state index contributed by atoms with van der Waals surface area (Å²) in [5, 5.41) is 1.29. The van der Waals surface area contributed by atoms with E-state index in [1.807, 2.05) is 12.3 Å². The number of aromatic nitrogens is 2. The second-order valence-electron chi connectivity index (χ2n) is 7.49. The van der Waals surface area contributed by atoms with E-state index in [2.05, 4.69) is 34.1 Å². The first kappa shape index (κ1) is 17.5. The molecule has 0 aromatic carbocycles. The van der Waals surface area contributed by atoms with Gasteiger partial charge in [-0.1, -0.05) is 51.9 Å². The maximum Gasteiger partial charge on any atom is 0.137 e. The zero-order valence-electron chi connectivity index (χ0n) is 15.3. The lowest BCUT2D eigenvalue weighted by atomic mass is 9.96. The number of unbranched alkanes of at least 4 members (excludes halogenated alkanes) is 1. The van der Waals surface area contributed by atoms with Gasteiger partial charge in [0.05, 0.1) is 0 Å². The first-order chi connectivity index (χ1) is 11.9. The van der Waals surface area contributed by atoms with Crippen molar-refractivity contribution in [3.8, 4) is 0 Å². The summed E-state index contributed by atoms with van der Waals surface area (Å²) in [6.45, 7) is 5.81. The summed E-state index contributed by atoms with van der Waals surface area (Å²) in [5.74, 6) is 0.960. The third-order valence-electron chi connectivity index (χ3n) is 5.59. The number of aromatic amines is 1. The molecule has 1 saturated carbocycles. The van der Waals surface area contributed by atoms with Gasteiger partial charge in [-0.2, -0.15) is 0 Å². The molecule has 2 aromatic heterocycles. The van der Waals surface area contributed by atoms with Crippen molar-refractivity contribution >= 4 is 11.0 Å². The molecule has 2 heterocycles. The Morgan fingerprint density at radius 2 is 2.00 bits per heavy atom. The molecular formula is C21H33N3. The lowest BCUT2D eigenvalue weighted by Gasteiger charge is -2.24. The van der Waals surface area contributed by atoms with Crippen LogP contribution >= 0.6 is 0 Å². The maximum absolute atomic E-state index is 4.43. The Morgan fingerprint density at radius 1 is 1.17 bits per heavy atom. The first-order valence-electron chi connectivity index (χ1n) is 10.00. The highest BCUT2D eigenvalue weighted by molar-refractivity contribution is 5.79. The fraction of sp³-hybridized carbons (Fsp3) is 0.667. The van der Waals surface area contributed by atoms with Crippen molar-refractivity contribution in [1.82, 2.24) is 14.9 Å². The molecule has 0 unspecified atom stereocenters. The molecule has 2 aromatic rings. The quantitative estimate of drug-likeness (QED) is 0.647. The van der Waals surface area contributed by atoms with Crippen LogP contribution in [0.4, 0.5) is 0 Å². The maximum atomic E-state index is 4.43. The van der Waals surface area contributed by atoms with Crippen LogP contribution in [0.3, 0.4) is 0 Å². The fourth-order valence-electron chi connectivity index (χ4n) is 4.05. The van der Waals surface area contributed by atoms with Crippen molar-refractivity contribution in [2.75, 3.05) is 13.1 Å². The third kappa shape index (κ3) is 4.83. The van der Waals surface area contributed by atoms with Crippen molar-refractivity contribution < 1.29 is 0 Å². The molecule has 24 heavy (non-hydrogen) atoms. The summed E-state index contributed by atoms with van der Waals surface area (Å²) in [7, 11) is 0. The third-order valence-corrected chi connectivity index (χ3v) is 5.59. The second-order valence-corrected chi connectivity index (χ2v) is 7.49. The van der Waals surface area contributed by atoms with Crippen LogP contribution in [0.15, 0.2) is 24.5 Å². The summed E-state index contributed by atoms with van der Waals surface area (Å²) in [6.07, 6.45) is 16.7. The number of pyridine rings is 1. The molecule has 1 aliphatic carbocycles. The van der Waals surface area contributed by atoms with Crippen LogP contribution in [0.2, 0.25) is 0 Å². The van der Waals surface area contributed by atoms with Gasteiger partial charge < -0.3 is 4.98 Å². The molecular weight excluding hydrogens is 294 g/mol. The summed E-state index contributed by atoms with van der Waals surface area (Å²) in [6, 6.07) is 4.24. The van der Waals surface area contributed by atoms with E-state index >= 15 is 0 Å². The Bertz CT molecular complexity index is 596. The number of H-pyrrole nitrogens is 1. The molecule has 132 valence electrons. The van der Waals surface area contributed by atoms with Gasteiger partial charge >= 0.3 is 0 Å². The molecule has 1 fully saturated rings. The zero-order chi connectivity index (χ0) is 16.6. The molecule has 0 amide bonds. The number of nitrogens with one attached hydrogen (secondary N) is 1. The monoisotopic (exact) mass is 327 g/mol. The smallest absolute Gasteiger partial charge is 0.137 e. The number of rotatable bonds is 8. The summed E-state index contributed by atoms with van der Waals surface area (Å²) >= 11 is 0. The Balaban J connectivity index is 1.60. The minimum absolute atomic E-state index is 0.960. The molecule has 0 bridgehead atoms. The highest BCUT2D eigenvalue weighted by Crippen LogP contribution is 2.26. The first-order valence-corrected chi connectivity index (χ1v) is 10.00. The van der Waals surface area contributed by atoms with Crippen LogP contribution in [0.25, 0.3) is 11.0 Å². The number of hydrogen-bond donors (Lipinski definition) is 1. The highest BCUT2D eigenvalue weighted by atomic mass is 15.1.